The van der Waals surface area contributed by atoms with E-state index < -0.39 is 0 Å². The van der Waals surface area contributed by atoms with Crippen LogP contribution < -0.4 is 0 Å². The van der Waals surface area contributed by atoms with E-state index in [0.717, 1.165) is 6.42 Å². The second-order valence-corrected chi connectivity index (χ2v) is 4.57. The molecule has 0 aromatic rings. The van der Waals surface area contributed by atoms with Crippen LogP contribution in [0.3, 0.4) is 0 Å². The molecule has 0 aliphatic heterocycles. The second kappa shape index (κ2) is 4.65. The van der Waals surface area contributed by atoms with Gasteiger partial charge in [0.15, 0.2) is 0 Å². The van der Waals surface area contributed by atoms with Gasteiger partial charge < -0.3 is 4.74 Å². The maximum absolute atomic E-state index is 11.4. The summed E-state index contributed by atoms with van der Waals surface area (Å²) < 4.78 is 4.78. The van der Waals surface area contributed by atoms with Gasteiger partial charge in [-0.3, -0.25) is 4.79 Å². The van der Waals surface area contributed by atoms with Gasteiger partial charge in [-0.2, -0.15) is 0 Å². The third-order valence-electron chi connectivity index (χ3n) is 3.17. The van der Waals surface area contributed by atoms with Crippen molar-refractivity contribution in [3.63, 3.8) is 0 Å². The van der Waals surface area contributed by atoms with Gasteiger partial charge in [-0.1, -0.05) is 45.1 Å². The Kier molecular flexibility index (Phi) is 3.72. The van der Waals surface area contributed by atoms with Crippen LogP contribution in [0.25, 0.3) is 0 Å². The fraction of sp³-hybridized carbons (Fsp3) is 0.615. The van der Waals surface area contributed by atoms with Crippen LogP contribution in [0, 0.1) is 17.3 Å². The van der Waals surface area contributed by atoms with Crippen molar-refractivity contribution >= 4 is 5.97 Å². The minimum absolute atomic E-state index is 0.0359. The zero-order valence-electron chi connectivity index (χ0n) is 9.99. The van der Waals surface area contributed by atoms with Crippen molar-refractivity contribution in [1.82, 2.24) is 0 Å². The first-order valence-electron chi connectivity index (χ1n) is 5.46. The van der Waals surface area contributed by atoms with E-state index in [9.17, 15) is 4.79 Å². The SMILES string of the molecule is CC/C=C/C=C/C1C(C(=O)OC)C1(C)C. The molecular formula is C13H20O2. The van der Waals surface area contributed by atoms with Gasteiger partial charge in [0.05, 0.1) is 13.0 Å². The summed E-state index contributed by atoms with van der Waals surface area (Å²) in [7, 11) is 1.45. The van der Waals surface area contributed by atoms with Gasteiger partial charge in [0.25, 0.3) is 0 Å². The van der Waals surface area contributed by atoms with Crippen LogP contribution >= 0.6 is 0 Å². The third kappa shape index (κ3) is 2.49. The largest absolute Gasteiger partial charge is 0.469 e. The minimum atomic E-state index is -0.0888. The molecule has 0 aromatic heterocycles. The molecule has 0 radical (unpaired) electrons. The number of carbonyl (C=O) groups excluding carboxylic acids is 1. The molecule has 0 saturated heterocycles. The molecule has 15 heavy (non-hydrogen) atoms. The summed E-state index contributed by atoms with van der Waals surface area (Å²) >= 11 is 0. The highest BCUT2D eigenvalue weighted by atomic mass is 16.5. The van der Waals surface area contributed by atoms with Crippen molar-refractivity contribution in [1.29, 1.82) is 0 Å². The van der Waals surface area contributed by atoms with Crippen molar-refractivity contribution in [3.05, 3.63) is 24.3 Å². The number of hydrogen-bond donors (Lipinski definition) is 0. The highest BCUT2D eigenvalue weighted by Gasteiger charge is 2.61. The van der Waals surface area contributed by atoms with Crippen LogP contribution in [0.2, 0.25) is 0 Å². The van der Waals surface area contributed by atoms with E-state index in [4.69, 9.17) is 4.74 Å². The topological polar surface area (TPSA) is 26.3 Å². The zero-order valence-corrected chi connectivity index (χ0v) is 9.99. The Bertz CT molecular complexity index is 287. The quantitative estimate of drug-likeness (QED) is 0.524. The Labute approximate surface area is 92.0 Å². The Morgan fingerprint density at radius 2 is 2.07 bits per heavy atom. The molecule has 0 aromatic carbocycles. The Balaban J connectivity index is 2.55. The summed E-state index contributed by atoms with van der Waals surface area (Å²) in [6.07, 6.45) is 9.30. The van der Waals surface area contributed by atoms with Crippen LogP contribution in [0.4, 0.5) is 0 Å². The average molecular weight is 208 g/mol. The number of esters is 1. The Hall–Kier alpha value is -1.05. The fourth-order valence-electron chi connectivity index (χ4n) is 2.01. The predicted molar refractivity (Wildman–Crippen MR) is 61.3 cm³/mol. The molecule has 2 nitrogen and oxygen atoms in total. The Morgan fingerprint density at radius 1 is 1.40 bits per heavy atom. The molecule has 2 atom stereocenters. The standard InChI is InChI=1S/C13H20O2/c1-5-6-7-8-9-10-11(12(14)15-4)13(10,2)3/h6-11H,5H2,1-4H3/b7-6+,9-8+. The molecule has 0 N–H and O–H groups in total. The molecule has 1 saturated carbocycles. The molecule has 84 valence electrons. The molecule has 2 heteroatoms. The van der Waals surface area contributed by atoms with Crippen LogP contribution in [-0.4, -0.2) is 13.1 Å². The van der Waals surface area contributed by atoms with Crippen LogP contribution in [0.5, 0.6) is 0 Å². The smallest absolute Gasteiger partial charge is 0.309 e. The molecule has 0 heterocycles. The highest BCUT2D eigenvalue weighted by molar-refractivity contribution is 5.78. The van der Waals surface area contributed by atoms with Gasteiger partial charge in [-0.25, -0.2) is 0 Å². The van der Waals surface area contributed by atoms with E-state index in [0.29, 0.717) is 5.92 Å². The van der Waals surface area contributed by atoms with E-state index in [1.807, 2.05) is 12.2 Å². The normalized spacial score (nSPS) is 28.5. The van der Waals surface area contributed by atoms with Gasteiger partial charge in [0.2, 0.25) is 0 Å². The van der Waals surface area contributed by atoms with Gasteiger partial charge in [-0.05, 0) is 17.8 Å². The fourth-order valence-corrected chi connectivity index (χ4v) is 2.01. The lowest BCUT2D eigenvalue weighted by Crippen LogP contribution is -2.07. The van der Waals surface area contributed by atoms with Crippen molar-refractivity contribution in [2.75, 3.05) is 7.11 Å². The zero-order chi connectivity index (χ0) is 11.5. The van der Waals surface area contributed by atoms with Crippen LogP contribution in [0.1, 0.15) is 27.2 Å². The van der Waals surface area contributed by atoms with Gasteiger partial charge in [-0.15, -0.1) is 0 Å². The summed E-state index contributed by atoms with van der Waals surface area (Å²) in [5.74, 6) is 0.273. The van der Waals surface area contributed by atoms with Gasteiger partial charge in [0.1, 0.15) is 0 Å². The molecule has 1 aliphatic rings. The van der Waals surface area contributed by atoms with E-state index in [2.05, 4.69) is 32.9 Å². The molecule has 0 spiro atoms. The minimum Gasteiger partial charge on any atom is -0.469 e. The van der Waals surface area contributed by atoms with Crippen LogP contribution in [-0.2, 0) is 9.53 Å². The maximum atomic E-state index is 11.4. The molecule has 1 aliphatic carbocycles. The second-order valence-electron chi connectivity index (χ2n) is 4.57. The van der Waals surface area contributed by atoms with Crippen molar-refractivity contribution in [3.8, 4) is 0 Å². The molecule has 0 bridgehead atoms. The molecule has 0 amide bonds. The van der Waals surface area contributed by atoms with Crippen molar-refractivity contribution < 1.29 is 9.53 Å². The lowest BCUT2D eigenvalue weighted by Gasteiger charge is -1.98. The van der Waals surface area contributed by atoms with Gasteiger partial charge in [0, 0.05) is 0 Å². The summed E-state index contributed by atoms with van der Waals surface area (Å²) in [5.41, 5.74) is 0.0592. The first-order chi connectivity index (χ1) is 7.05. The van der Waals surface area contributed by atoms with E-state index >= 15 is 0 Å². The number of hydrogen-bond acceptors (Lipinski definition) is 2. The lowest BCUT2D eigenvalue weighted by molar-refractivity contribution is -0.143. The van der Waals surface area contributed by atoms with E-state index in [-0.39, 0.29) is 17.3 Å². The third-order valence-corrected chi connectivity index (χ3v) is 3.17. The monoisotopic (exact) mass is 208 g/mol. The van der Waals surface area contributed by atoms with Gasteiger partial charge >= 0.3 is 5.97 Å². The summed E-state index contributed by atoms with van der Waals surface area (Å²) in [5, 5.41) is 0. The number of methoxy groups -OCH3 is 1. The summed E-state index contributed by atoms with van der Waals surface area (Å²) in [6.45, 7) is 6.31. The summed E-state index contributed by atoms with van der Waals surface area (Å²) in [4.78, 5) is 11.4. The number of carbonyl (C=O) groups is 1. The molecule has 2 unspecified atom stereocenters. The van der Waals surface area contributed by atoms with E-state index in [1.54, 1.807) is 0 Å². The van der Waals surface area contributed by atoms with E-state index in [1.165, 1.54) is 7.11 Å². The first kappa shape index (κ1) is 12.0. The van der Waals surface area contributed by atoms with Crippen LogP contribution in [0.15, 0.2) is 24.3 Å². The van der Waals surface area contributed by atoms with Crippen molar-refractivity contribution in [2.24, 2.45) is 17.3 Å². The molecule has 1 rings (SSSR count). The number of ether oxygens (including phenoxy) is 1. The predicted octanol–water partition coefficient (Wildman–Crippen LogP) is 2.95. The summed E-state index contributed by atoms with van der Waals surface area (Å²) in [6, 6.07) is 0. The lowest BCUT2D eigenvalue weighted by atomic mass is 10.1. The maximum Gasteiger partial charge on any atom is 0.309 e. The molecule has 1 fully saturated rings. The molecular weight excluding hydrogens is 188 g/mol. The average Bonchev–Trinajstić information content (AvgIpc) is 2.74. The number of allylic oxidation sites excluding steroid dienone is 4. The first-order valence-corrected chi connectivity index (χ1v) is 5.46. The van der Waals surface area contributed by atoms with Crippen molar-refractivity contribution in [2.45, 2.75) is 27.2 Å². The Morgan fingerprint density at radius 3 is 2.60 bits per heavy atom. The highest BCUT2D eigenvalue weighted by Crippen LogP contribution is 2.59. The number of rotatable bonds is 4.